The second kappa shape index (κ2) is 4.73. The molecule has 0 spiro atoms. The van der Waals surface area contributed by atoms with E-state index in [4.69, 9.17) is 0 Å². The molecule has 0 unspecified atom stereocenters. The smallest absolute Gasteiger partial charge is 0.298 e. The highest BCUT2D eigenvalue weighted by Gasteiger charge is 2.24. The molecule has 2 aromatic rings. The second-order valence-corrected chi connectivity index (χ2v) is 4.50. The molecule has 3 amide bonds. The maximum absolute atomic E-state index is 11.8. The standard InChI is InChI=1S/C14H11N3O3/c18-8-10-6-11(5-9-1-3-15-7-12(9)10)17-4-2-13(19)16-14(17)20/h1,3,5-8H,2,4H2,(H,16,19,20). The summed E-state index contributed by atoms with van der Waals surface area (Å²) >= 11 is 0. The Balaban J connectivity index is 2.10. The Morgan fingerprint density at radius 1 is 1.30 bits per heavy atom. The number of imide groups is 1. The van der Waals surface area contributed by atoms with E-state index in [9.17, 15) is 14.4 Å². The van der Waals surface area contributed by atoms with Gasteiger partial charge in [0.1, 0.15) is 0 Å². The third-order valence-electron chi connectivity index (χ3n) is 3.27. The number of carbonyl (C=O) groups is 3. The largest absolute Gasteiger partial charge is 0.328 e. The van der Waals surface area contributed by atoms with Crippen molar-refractivity contribution in [2.75, 3.05) is 11.4 Å². The molecule has 1 aliphatic heterocycles. The molecular weight excluding hydrogens is 258 g/mol. The Morgan fingerprint density at radius 3 is 2.90 bits per heavy atom. The molecule has 1 fully saturated rings. The predicted octanol–water partition coefficient (Wildman–Crippen LogP) is 1.49. The average molecular weight is 269 g/mol. The van der Waals surface area contributed by atoms with E-state index in [2.05, 4.69) is 10.3 Å². The van der Waals surface area contributed by atoms with Gasteiger partial charge in [-0.25, -0.2) is 4.79 Å². The number of pyridine rings is 1. The molecule has 0 saturated carbocycles. The molecule has 1 aromatic heterocycles. The molecule has 1 aliphatic rings. The molecule has 0 aliphatic carbocycles. The first kappa shape index (κ1) is 12.3. The number of urea groups is 1. The highest BCUT2D eigenvalue weighted by molar-refractivity contribution is 6.08. The van der Waals surface area contributed by atoms with Crippen LogP contribution >= 0.6 is 0 Å². The maximum atomic E-state index is 11.8. The minimum absolute atomic E-state index is 0.247. The van der Waals surface area contributed by atoms with E-state index in [1.165, 1.54) is 4.90 Å². The maximum Gasteiger partial charge on any atom is 0.328 e. The summed E-state index contributed by atoms with van der Waals surface area (Å²) < 4.78 is 0. The normalized spacial score (nSPS) is 15.3. The summed E-state index contributed by atoms with van der Waals surface area (Å²) in [5.41, 5.74) is 1.06. The van der Waals surface area contributed by atoms with Crippen LogP contribution in [0.3, 0.4) is 0 Å². The first-order valence-corrected chi connectivity index (χ1v) is 6.13. The number of hydrogen-bond acceptors (Lipinski definition) is 4. The van der Waals surface area contributed by atoms with Crippen LogP contribution in [0.25, 0.3) is 10.8 Å². The molecule has 2 heterocycles. The summed E-state index contributed by atoms with van der Waals surface area (Å²) in [4.78, 5) is 39.6. The van der Waals surface area contributed by atoms with E-state index >= 15 is 0 Å². The number of aldehydes is 1. The van der Waals surface area contributed by atoms with E-state index in [0.29, 0.717) is 17.8 Å². The lowest BCUT2D eigenvalue weighted by atomic mass is 10.1. The lowest BCUT2D eigenvalue weighted by Gasteiger charge is -2.27. The first-order chi connectivity index (χ1) is 9.69. The molecule has 1 aromatic carbocycles. The van der Waals surface area contributed by atoms with Crippen molar-refractivity contribution < 1.29 is 14.4 Å². The SMILES string of the molecule is O=Cc1cc(N2CCC(=O)NC2=O)cc2ccncc12. The molecule has 6 heteroatoms. The van der Waals surface area contributed by atoms with Gasteiger partial charge in [0.05, 0.1) is 0 Å². The summed E-state index contributed by atoms with van der Waals surface area (Å²) in [5.74, 6) is -0.285. The molecule has 1 N–H and O–H groups in total. The molecule has 0 atom stereocenters. The topological polar surface area (TPSA) is 79.4 Å². The average Bonchev–Trinajstić information content (AvgIpc) is 2.46. The van der Waals surface area contributed by atoms with Crippen molar-refractivity contribution in [3.63, 3.8) is 0 Å². The summed E-state index contributed by atoms with van der Waals surface area (Å²) in [6, 6.07) is 4.75. The van der Waals surface area contributed by atoms with Crippen molar-refractivity contribution in [3.8, 4) is 0 Å². The minimum atomic E-state index is -0.466. The first-order valence-electron chi connectivity index (χ1n) is 6.13. The number of amides is 3. The van der Waals surface area contributed by atoms with Gasteiger partial charge in [-0.3, -0.25) is 24.8 Å². The van der Waals surface area contributed by atoms with Gasteiger partial charge in [-0.1, -0.05) is 0 Å². The van der Waals surface area contributed by atoms with E-state index in [-0.39, 0.29) is 12.3 Å². The molecule has 0 radical (unpaired) electrons. The van der Waals surface area contributed by atoms with Gasteiger partial charge >= 0.3 is 6.03 Å². The Morgan fingerprint density at radius 2 is 2.15 bits per heavy atom. The van der Waals surface area contributed by atoms with Crippen LogP contribution in [0.4, 0.5) is 10.5 Å². The molecule has 3 rings (SSSR count). The number of anilines is 1. The van der Waals surface area contributed by atoms with Crippen molar-refractivity contribution in [1.29, 1.82) is 0 Å². The Hall–Kier alpha value is -2.76. The van der Waals surface area contributed by atoms with Gasteiger partial charge < -0.3 is 0 Å². The lowest BCUT2D eigenvalue weighted by molar-refractivity contribution is -0.120. The Kier molecular flexibility index (Phi) is 2.90. The van der Waals surface area contributed by atoms with E-state index in [1.807, 2.05) is 0 Å². The molecule has 6 nitrogen and oxygen atoms in total. The Bertz CT molecular complexity index is 727. The quantitative estimate of drug-likeness (QED) is 0.838. The Labute approximate surface area is 114 Å². The van der Waals surface area contributed by atoms with E-state index in [0.717, 1.165) is 17.1 Å². The highest BCUT2D eigenvalue weighted by Crippen LogP contribution is 2.26. The van der Waals surface area contributed by atoms with E-state index < -0.39 is 6.03 Å². The molecule has 0 bridgehead atoms. The third kappa shape index (κ3) is 2.01. The van der Waals surface area contributed by atoms with Crippen LogP contribution in [0, 0.1) is 0 Å². The van der Waals surface area contributed by atoms with Crippen molar-refractivity contribution in [3.05, 3.63) is 36.2 Å². The van der Waals surface area contributed by atoms with Crippen LogP contribution in [0.1, 0.15) is 16.8 Å². The van der Waals surface area contributed by atoms with Gasteiger partial charge in [0.25, 0.3) is 0 Å². The van der Waals surface area contributed by atoms with Crippen molar-refractivity contribution in [2.24, 2.45) is 0 Å². The zero-order chi connectivity index (χ0) is 14.1. The summed E-state index contributed by atoms with van der Waals surface area (Å²) in [5, 5.41) is 3.82. The van der Waals surface area contributed by atoms with Gasteiger partial charge in [-0.15, -0.1) is 0 Å². The highest BCUT2D eigenvalue weighted by atomic mass is 16.2. The summed E-state index contributed by atoms with van der Waals surface area (Å²) in [6.45, 7) is 0.305. The fraction of sp³-hybridized carbons (Fsp3) is 0.143. The number of benzene rings is 1. The van der Waals surface area contributed by atoms with Crippen LogP contribution in [0.2, 0.25) is 0 Å². The number of hydrogen-bond donors (Lipinski definition) is 1. The van der Waals surface area contributed by atoms with E-state index in [1.54, 1.807) is 30.6 Å². The van der Waals surface area contributed by atoms with Gasteiger partial charge in [0, 0.05) is 42.0 Å². The fourth-order valence-electron chi connectivity index (χ4n) is 2.27. The van der Waals surface area contributed by atoms with Gasteiger partial charge in [0.15, 0.2) is 6.29 Å². The second-order valence-electron chi connectivity index (χ2n) is 4.50. The fourth-order valence-corrected chi connectivity index (χ4v) is 2.27. The summed E-state index contributed by atoms with van der Waals surface area (Å²) in [7, 11) is 0. The number of aromatic nitrogens is 1. The third-order valence-corrected chi connectivity index (χ3v) is 3.27. The van der Waals surface area contributed by atoms with Gasteiger partial charge in [-0.2, -0.15) is 0 Å². The zero-order valence-corrected chi connectivity index (χ0v) is 10.5. The number of fused-ring (bicyclic) bond motifs is 1. The lowest BCUT2D eigenvalue weighted by Crippen LogP contribution is -2.49. The van der Waals surface area contributed by atoms with Gasteiger partial charge in [-0.05, 0) is 23.6 Å². The van der Waals surface area contributed by atoms with Crippen molar-refractivity contribution in [2.45, 2.75) is 6.42 Å². The molecule has 100 valence electrons. The van der Waals surface area contributed by atoms with Crippen molar-refractivity contribution >= 4 is 34.7 Å². The van der Waals surface area contributed by atoms with Crippen LogP contribution in [-0.4, -0.2) is 29.8 Å². The number of rotatable bonds is 2. The number of nitrogens with one attached hydrogen (secondary N) is 1. The molecular formula is C14H11N3O3. The van der Waals surface area contributed by atoms with Crippen LogP contribution in [0.5, 0.6) is 0 Å². The number of nitrogens with zero attached hydrogens (tertiary/aromatic N) is 2. The summed E-state index contributed by atoms with van der Waals surface area (Å²) in [6.07, 6.45) is 4.22. The van der Waals surface area contributed by atoms with Crippen molar-refractivity contribution in [1.82, 2.24) is 10.3 Å². The number of carbonyl (C=O) groups excluding carboxylic acids is 3. The monoisotopic (exact) mass is 269 g/mol. The van der Waals surface area contributed by atoms with Crippen LogP contribution < -0.4 is 10.2 Å². The molecule has 20 heavy (non-hydrogen) atoms. The van der Waals surface area contributed by atoms with Crippen LogP contribution in [-0.2, 0) is 4.79 Å². The minimum Gasteiger partial charge on any atom is -0.298 e. The predicted molar refractivity (Wildman–Crippen MR) is 72.6 cm³/mol. The zero-order valence-electron chi connectivity index (χ0n) is 10.5. The molecule has 1 saturated heterocycles. The van der Waals surface area contributed by atoms with Gasteiger partial charge in [0.2, 0.25) is 5.91 Å². The van der Waals surface area contributed by atoms with Crippen LogP contribution in [0.15, 0.2) is 30.6 Å².